The number of rotatable bonds is 8. The zero-order valence-corrected chi connectivity index (χ0v) is 11.8. The first-order valence-electron chi connectivity index (χ1n) is 6.78. The van der Waals surface area contributed by atoms with Crippen molar-refractivity contribution in [1.82, 2.24) is 0 Å². The topological polar surface area (TPSA) is 71.1 Å². The van der Waals surface area contributed by atoms with Crippen LogP contribution >= 0.6 is 0 Å². The molecule has 0 aromatic rings. The molecule has 0 saturated carbocycles. The van der Waals surface area contributed by atoms with E-state index in [9.17, 15) is 9.59 Å². The molecule has 2 unspecified atom stereocenters. The summed E-state index contributed by atoms with van der Waals surface area (Å²) in [5.41, 5.74) is 0. The Kier molecular flexibility index (Phi) is 7.91. The highest BCUT2D eigenvalue weighted by molar-refractivity contribution is 5.81. The van der Waals surface area contributed by atoms with E-state index in [0.717, 1.165) is 6.08 Å². The molecule has 0 aromatic heterocycles. The average Bonchev–Trinajstić information content (AvgIpc) is 2.46. The van der Waals surface area contributed by atoms with Crippen molar-refractivity contribution in [1.29, 1.82) is 0 Å². The number of carbonyl (C=O) groups is 2. The van der Waals surface area contributed by atoms with Crippen molar-refractivity contribution in [2.24, 2.45) is 0 Å². The van der Waals surface area contributed by atoms with E-state index in [1.54, 1.807) is 7.11 Å². The standard InChI is InChI=1S/C14H22O6/c1-3-12(15)18-8-5-4-6-13(16)20-11-7-9-19-14(10-11)17-2/h3,11,14H,1,4-10H2,2H3. The van der Waals surface area contributed by atoms with E-state index in [1.807, 2.05) is 0 Å². The van der Waals surface area contributed by atoms with Gasteiger partial charge in [-0.05, 0) is 12.8 Å². The Hall–Kier alpha value is -1.40. The lowest BCUT2D eigenvalue weighted by Crippen LogP contribution is -2.33. The molecule has 1 heterocycles. The quantitative estimate of drug-likeness (QED) is 0.383. The summed E-state index contributed by atoms with van der Waals surface area (Å²) in [6, 6.07) is 0. The summed E-state index contributed by atoms with van der Waals surface area (Å²) in [6.07, 6.45) is 3.52. The Labute approximate surface area is 119 Å². The van der Waals surface area contributed by atoms with Crippen molar-refractivity contribution < 1.29 is 28.5 Å². The van der Waals surface area contributed by atoms with Crippen molar-refractivity contribution in [3.8, 4) is 0 Å². The molecule has 20 heavy (non-hydrogen) atoms. The molecule has 1 aliphatic heterocycles. The zero-order chi connectivity index (χ0) is 14.8. The van der Waals surface area contributed by atoms with Gasteiger partial charge in [0.25, 0.3) is 0 Å². The van der Waals surface area contributed by atoms with Gasteiger partial charge in [-0.1, -0.05) is 6.58 Å². The van der Waals surface area contributed by atoms with Gasteiger partial charge in [0, 0.05) is 32.4 Å². The van der Waals surface area contributed by atoms with E-state index in [4.69, 9.17) is 18.9 Å². The number of ether oxygens (including phenoxy) is 4. The number of unbranched alkanes of at least 4 members (excludes halogenated alkanes) is 1. The highest BCUT2D eigenvalue weighted by atomic mass is 16.7. The predicted molar refractivity (Wildman–Crippen MR) is 70.9 cm³/mol. The van der Waals surface area contributed by atoms with Crippen molar-refractivity contribution in [2.45, 2.75) is 44.5 Å². The van der Waals surface area contributed by atoms with Gasteiger partial charge in [0.05, 0.1) is 13.2 Å². The molecule has 0 N–H and O–H groups in total. The summed E-state index contributed by atoms with van der Waals surface area (Å²) in [5, 5.41) is 0. The fourth-order valence-corrected chi connectivity index (χ4v) is 1.85. The number of methoxy groups -OCH3 is 1. The Bertz CT molecular complexity index is 328. The van der Waals surface area contributed by atoms with Gasteiger partial charge in [-0.2, -0.15) is 0 Å². The summed E-state index contributed by atoms with van der Waals surface area (Å²) in [7, 11) is 1.57. The van der Waals surface area contributed by atoms with Crippen LogP contribution in [-0.4, -0.2) is 44.7 Å². The van der Waals surface area contributed by atoms with Gasteiger partial charge in [-0.15, -0.1) is 0 Å². The van der Waals surface area contributed by atoms with Gasteiger partial charge in [0.2, 0.25) is 0 Å². The van der Waals surface area contributed by atoms with Crippen LogP contribution in [-0.2, 0) is 28.5 Å². The van der Waals surface area contributed by atoms with Crippen LogP contribution in [0.25, 0.3) is 0 Å². The first-order chi connectivity index (χ1) is 9.65. The van der Waals surface area contributed by atoms with Crippen LogP contribution in [0.2, 0.25) is 0 Å². The molecule has 114 valence electrons. The van der Waals surface area contributed by atoms with Gasteiger partial charge in [0.1, 0.15) is 6.10 Å². The maximum atomic E-state index is 11.6. The predicted octanol–water partition coefficient (Wildman–Crippen LogP) is 1.58. The molecule has 6 nitrogen and oxygen atoms in total. The normalized spacial score (nSPS) is 22.1. The Balaban J connectivity index is 2.08. The molecule has 2 atom stereocenters. The monoisotopic (exact) mass is 286 g/mol. The highest BCUT2D eigenvalue weighted by Crippen LogP contribution is 2.18. The lowest BCUT2D eigenvalue weighted by molar-refractivity contribution is -0.186. The average molecular weight is 286 g/mol. The summed E-state index contributed by atoms with van der Waals surface area (Å²) < 4.78 is 20.6. The second kappa shape index (κ2) is 9.50. The van der Waals surface area contributed by atoms with Gasteiger partial charge < -0.3 is 18.9 Å². The molecule has 0 aromatic carbocycles. The molecule has 0 bridgehead atoms. The largest absolute Gasteiger partial charge is 0.463 e. The van der Waals surface area contributed by atoms with E-state index in [-0.39, 0.29) is 18.4 Å². The molecule has 1 rings (SSSR count). The van der Waals surface area contributed by atoms with E-state index >= 15 is 0 Å². The summed E-state index contributed by atoms with van der Waals surface area (Å²) in [6.45, 7) is 4.13. The van der Waals surface area contributed by atoms with Crippen LogP contribution in [0.4, 0.5) is 0 Å². The minimum Gasteiger partial charge on any atom is -0.463 e. The van der Waals surface area contributed by atoms with Crippen molar-refractivity contribution in [2.75, 3.05) is 20.3 Å². The molecule has 0 spiro atoms. The molecule has 0 aliphatic carbocycles. The number of carbonyl (C=O) groups excluding carboxylic acids is 2. The van der Waals surface area contributed by atoms with Crippen molar-refractivity contribution in [3.05, 3.63) is 12.7 Å². The van der Waals surface area contributed by atoms with Crippen LogP contribution in [0, 0.1) is 0 Å². The fraction of sp³-hybridized carbons (Fsp3) is 0.714. The van der Waals surface area contributed by atoms with Crippen molar-refractivity contribution >= 4 is 11.9 Å². The smallest absolute Gasteiger partial charge is 0.330 e. The lowest BCUT2D eigenvalue weighted by Gasteiger charge is -2.28. The molecule has 0 radical (unpaired) electrons. The third-order valence-electron chi connectivity index (χ3n) is 2.95. The SMILES string of the molecule is C=CC(=O)OCCCCC(=O)OC1CCOC(OC)C1. The summed E-state index contributed by atoms with van der Waals surface area (Å²) in [5.74, 6) is -0.679. The van der Waals surface area contributed by atoms with Crippen molar-refractivity contribution in [3.63, 3.8) is 0 Å². The van der Waals surface area contributed by atoms with E-state index in [2.05, 4.69) is 6.58 Å². The number of esters is 2. The summed E-state index contributed by atoms with van der Waals surface area (Å²) >= 11 is 0. The van der Waals surface area contributed by atoms with E-state index < -0.39 is 5.97 Å². The zero-order valence-electron chi connectivity index (χ0n) is 11.8. The minimum atomic E-state index is -0.444. The molecular formula is C14H22O6. The second-order valence-corrected chi connectivity index (χ2v) is 4.50. The maximum Gasteiger partial charge on any atom is 0.330 e. The second-order valence-electron chi connectivity index (χ2n) is 4.50. The number of hydrogen-bond donors (Lipinski definition) is 0. The van der Waals surface area contributed by atoms with Crippen LogP contribution in [0.15, 0.2) is 12.7 Å². The van der Waals surface area contributed by atoms with Crippen LogP contribution in [0.3, 0.4) is 0 Å². The van der Waals surface area contributed by atoms with Crippen LogP contribution < -0.4 is 0 Å². The lowest BCUT2D eigenvalue weighted by atomic mass is 10.1. The molecule has 1 saturated heterocycles. The minimum absolute atomic E-state index is 0.139. The molecule has 1 fully saturated rings. The Morgan fingerprint density at radius 3 is 2.90 bits per heavy atom. The van der Waals surface area contributed by atoms with Gasteiger partial charge in [-0.25, -0.2) is 4.79 Å². The molecule has 0 amide bonds. The number of hydrogen-bond acceptors (Lipinski definition) is 6. The third kappa shape index (κ3) is 6.68. The third-order valence-corrected chi connectivity index (χ3v) is 2.95. The first-order valence-corrected chi connectivity index (χ1v) is 6.78. The first kappa shape index (κ1) is 16.7. The maximum absolute atomic E-state index is 11.6. The molecule has 6 heteroatoms. The molecular weight excluding hydrogens is 264 g/mol. The van der Waals surface area contributed by atoms with E-state index in [1.165, 1.54) is 0 Å². The van der Waals surface area contributed by atoms with E-state index in [0.29, 0.717) is 45.3 Å². The van der Waals surface area contributed by atoms with Gasteiger partial charge >= 0.3 is 11.9 Å². The fourth-order valence-electron chi connectivity index (χ4n) is 1.85. The Morgan fingerprint density at radius 2 is 2.20 bits per heavy atom. The highest BCUT2D eigenvalue weighted by Gasteiger charge is 2.24. The van der Waals surface area contributed by atoms with Gasteiger partial charge in [0.15, 0.2) is 6.29 Å². The van der Waals surface area contributed by atoms with Gasteiger partial charge in [-0.3, -0.25) is 4.79 Å². The summed E-state index contributed by atoms with van der Waals surface area (Å²) in [4.78, 5) is 22.4. The Morgan fingerprint density at radius 1 is 1.40 bits per heavy atom. The van der Waals surface area contributed by atoms with Crippen LogP contribution in [0.5, 0.6) is 0 Å². The molecule has 1 aliphatic rings. The van der Waals surface area contributed by atoms with Crippen LogP contribution in [0.1, 0.15) is 32.1 Å².